The van der Waals surface area contributed by atoms with Crippen molar-refractivity contribution in [2.24, 2.45) is 0 Å². The summed E-state index contributed by atoms with van der Waals surface area (Å²) in [4.78, 5) is 28.0. The number of nitrogens with one attached hydrogen (secondary N) is 1. The van der Waals surface area contributed by atoms with Crippen LogP contribution in [0.5, 0.6) is 0 Å². The Labute approximate surface area is 169 Å². The number of aryl methyl sites for hydroxylation is 1. The summed E-state index contributed by atoms with van der Waals surface area (Å²) >= 11 is 1.57. The van der Waals surface area contributed by atoms with Gasteiger partial charge in [0.2, 0.25) is 5.91 Å². The molecule has 150 valence electrons. The van der Waals surface area contributed by atoms with Crippen LogP contribution >= 0.6 is 11.3 Å². The SMILES string of the molecule is CCN(CC)CCCNC(=O)[C@H](C)n1nc(C)c2sc3ccccc3c2c1=O. The summed E-state index contributed by atoms with van der Waals surface area (Å²) in [6.07, 6.45) is 0.885. The van der Waals surface area contributed by atoms with Gasteiger partial charge in [-0.05, 0) is 46.0 Å². The van der Waals surface area contributed by atoms with E-state index >= 15 is 0 Å². The van der Waals surface area contributed by atoms with E-state index in [0.29, 0.717) is 11.9 Å². The van der Waals surface area contributed by atoms with Gasteiger partial charge in [-0.3, -0.25) is 9.59 Å². The second kappa shape index (κ2) is 8.84. The zero-order valence-corrected chi connectivity index (χ0v) is 17.8. The highest BCUT2D eigenvalue weighted by Crippen LogP contribution is 2.32. The molecule has 1 atom stereocenters. The molecule has 0 saturated carbocycles. The third-order valence-electron chi connectivity index (χ3n) is 5.19. The van der Waals surface area contributed by atoms with Gasteiger partial charge in [-0.1, -0.05) is 32.0 Å². The van der Waals surface area contributed by atoms with Crippen molar-refractivity contribution in [1.82, 2.24) is 20.0 Å². The maximum atomic E-state index is 13.1. The fourth-order valence-corrected chi connectivity index (χ4v) is 4.59. The maximum absolute atomic E-state index is 13.1. The summed E-state index contributed by atoms with van der Waals surface area (Å²) in [5.74, 6) is -0.174. The zero-order valence-electron chi connectivity index (χ0n) is 17.0. The van der Waals surface area contributed by atoms with Crippen LogP contribution in [0.1, 0.15) is 38.9 Å². The van der Waals surface area contributed by atoms with Crippen LogP contribution in [0.2, 0.25) is 0 Å². The Balaban J connectivity index is 1.81. The zero-order chi connectivity index (χ0) is 20.3. The Hall–Kier alpha value is -2.25. The van der Waals surface area contributed by atoms with Crippen LogP contribution in [0.4, 0.5) is 0 Å². The van der Waals surface area contributed by atoms with Crippen LogP contribution in [-0.2, 0) is 4.79 Å². The van der Waals surface area contributed by atoms with Crippen molar-refractivity contribution in [2.75, 3.05) is 26.2 Å². The van der Waals surface area contributed by atoms with Crippen LogP contribution in [0.3, 0.4) is 0 Å². The number of fused-ring (bicyclic) bond motifs is 3. The standard InChI is InChI=1S/C21H28N4O2S/c1-5-24(6-2)13-9-12-22-20(26)15(4)25-21(27)18-16-10-7-8-11-17(16)28-19(18)14(3)23-25/h7-8,10-11,15H,5-6,9,12-13H2,1-4H3,(H,22,26)/t15-/m0/s1. The quantitative estimate of drug-likeness (QED) is 0.589. The Morgan fingerprint density at radius 2 is 2.00 bits per heavy atom. The summed E-state index contributed by atoms with van der Waals surface area (Å²) in [6, 6.07) is 7.21. The molecule has 28 heavy (non-hydrogen) atoms. The molecule has 0 aliphatic heterocycles. The summed E-state index contributed by atoms with van der Waals surface area (Å²) in [7, 11) is 0. The molecule has 7 heteroatoms. The third-order valence-corrected chi connectivity index (χ3v) is 6.47. The van der Waals surface area contributed by atoms with Gasteiger partial charge in [0.25, 0.3) is 5.56 Å². The van der Waals surface area contributed by atoms with Crippen molar-refractivity contribution in [1.29, 1.82) is 0 Å². The lowest BCUT2D eigenvalue weighted by atomic mass is 10.2. The Morgan fingerprint density at radius 3 is 2.71 bits per heavy atom. The van der Waals surface area contributed by atoms with Crippen molar-refractivity contribution >= 4 is 37.4 Å². The number of aromatic nitrogens is 2. The molecule has 2 aromatic heterocycles. The predicted octanol–water partition coefficient (Wildman–Crippen LogP) is 3.33. The number of nitrogens with zero attached hydrogens (tertiary/aromatic N) is 3. The van der Waals surface area contributed by atoms with Crippen molar-refractivity contribution in [3.63, 3.8) is 0 Å². The number of hydrogen-bond acceptors (Lipinski definition) is 5. The van der Waals surface area contributed by atoms with E-state index in [1.165, 1.54) is 4.68 Å². The van der Waals surface area contributed by atoms with Gasteiger partial charge >= 0.3 is 0 Å². The Morgan fingerprint density at radius 1 is 1.29 bits per heavy atom. The first-order valence-corrected chi connectivity index (χ1v) is 10.7. The minimum atomic E-state index is -0.650. The first kappa shape index (κ1) is 20.5. The molecular weight excluding hydrogens is 372 g/mol. The molecule has 0 fully saturated rings. The largest absolute Gasteiger partial charge is 0.354 e. The topological polar surface area (TPSA) is 67.2 Å². The van der Waals surface area contributed by atoms with Gasteiger partial charge in [0.15, 0.2) is 0 Å². The molecule has 1 N–H and O–H groups in total. The molecule has 6 nitrogen and oxygen atoms in total. The molecule has 0 unspecified atom stereocenters. The number of amides is 1. The molecule has 3 rings (SSSR count). The Bertz CT molecular complexity index is 1040. The number of hydrogen-bond donors (Lipinski definition) is 1. The number of carbonyl (C=O) groups excluding carboxylic acids is 1. The van der Waals surface area contributed by atoms with E-state index in [0.717, 1.165) is 46.5 Å². The summed E-state index contributed by atoms with van der Waals surface area (Å²) in [5.41, 5.74) is 0.570. The van der Waals surface area contributed by atoms with E-state index in [2.05, 4.69) is 29.2 Å². The molecule has 0 aliphatic carbocycles. The smallest absolute Gasteiger partial charge is 0.276 e. The van der Waals surface area contributed by atoms with Crippen molar-refractivity contribution in [3.8, 4) is 0 Å². The monoisotopic (exact) mass is 400 g/mol. The molecule has 3 aromatic rings. The maximum Gasteiger partial charge on any atom is 0.276 e. The van der Waals surface area contributed by atoms with Crippen LogP contribution < -0.4 is 10.9 Å². The third kappa shape index (κ3) is 3.95. The molecule has 0 saturated heterocycles. The minimum absolute atomic E-state index is 0.174. The van der Waals surface area contributed by atoms with Crippen LogP contribution in [0.25, 0.3) is 20.2 Å². The van der Waals surface area contributed by atoms with E-state index in [1.807, 2.05) is 31.2 Å². The Kier molecular flexibility index (Phi) is 6.46. The predicted molar refractivity (Wildman–Crippen MR) is 116 cm³/mol. The number of rotatable bonds is 8. The lowest BCUT2D eigenvalue weighted by Crippen LogP contribution is -2.38. The van der Waals surface area contributed by atoms with E-state index < -0.39 is 6.04 Å². The van der Waals surface area contributed by atoms with Gasteiger partial charge in [-0.15, -0.1) is 11.3 Å². The summed E-state index contributed by atoms with van der Waals surface area (Å²) in [5, 5.41) is 8.98. The highest BCUT2D eigenvalue weighted by atomic mass is 32.1. The molecular formula is C21H28N4O2S. The van der Waals surface area contributed by atoms with E-state index in [4.69, 9.17) is 0 Å². The second-order valence-corrected chi connectivity index (χ2v) is 8.04. The van der Waals surface area contributed by atoms with Crippen molar-refractivity contribution in [3.05, 3.63) is 40.3 Å². The summed E-state index contributed by atoms with van der Waals surface area (Å²) in [6.45, 7) is 11.4. The van der Waals surface area contributed by atoms with E-state index in [-0.39, 0.29) is 11.5 Å². The minimum Gasteiger partial charge on any atom is -0.354 e. The number of benzene rings is 1. The molecule has 0 aliphatic rings. The summed E-state index contributed by atoms with van der Waals surface area (Å²) < 4.78 is 3.29. The highest BCUT2D eigenvalue weighted by Gasteiger charge is 2.21. The fourth-order valence-electron chi connectivity index (χ4n) is 3.45. The molecule has 2 heterocycles. The van der Waals surface area contributed by atoms with Gasteiger partial charge in [0, 0.05) is 16.6 Å². The van der Waals surface area contributed by atoms with Gasteiger partial charge in [-0.25, -0.2) is 4.68 Å². The normalized spacial score (nSPS) is 12.8. The highest BCUT2D eigenvalue weighted by molar-refractivity contribution is 7.26. The lowest BCUT2D eigenvalue weighted by molar-refractivity contribution is -0.124. The first-order chi connectivity index (χ1) is 13.5. The van der Waals surface area contributed by atoms with Crippen molar-refractivity contribution in [2.45, 2.75) is 40.2 Å². The van der Waals surface area contributed by atoms with Gasteiger partial charge < -0.3 is 10.2 Å². The molecule has 1 amide bonds. The van der Waals surface area contributed by atoms with E-state index in [9.17, 15) is 9.59 Å². The second-order valence-electron chi connectivity index (χ2n) is 6.98. The molecule has 0 radical (unpaired) electrons. The molecule has 0 spiro atoms. The van der Waals surface area contributed by atoms with E-state index in [1.54, 1.807) is 18.3 Å². The molecule has 0 bridgehead atoms. The van der Waals surface area contributed by atoms with Crippen LogP contribution in [0, 0.1) is 6.92 Å². The molecule has 1 aromatic carbocycles. The lowest BCUT2D eigenvalue weighted by Gasteiger charge is -2.18. The first-order valence-electron chi connectivity index (χ1n) is 9.88. The van der Waals surface area contributed by atoms with Crippen LogP contribution in [-0.4, -0.2) is 46.8 Å². The van der Waals surface area contributed by atoms with Gasteiger partial charge in [0.1, 0.15) is 6.04 Å². The average Bonchev–Trinajstić information content (AvgIpc) is 3.10. The number of thiophene rings is 1. The fraction of sp³-hybridized carbons (Fsp3) is 0.476. The van der Waals surface area contributed by atoms with Gasteiger partial charge in [0.05, 0.1) is 15.8 Å². The van der Waals surface area contributed by atoms with Gasteiger partial charge in [-0.2, -0.15) is 5.10 Å². The average molecular weight is 401 g/mol. The van der Waals surface area contributed by atoms with Crippen molar-refractivity contribution < 1.29 is 4.79 Å². The van der Waals surface area contributed by atoms with Crippen LogP contribution in [0.15, 0.2) is 29.1 Å². The number of carbonyl (C=O) groups is 1.